The summed E-state index contributed by atoms with van der Waals surface area (Å²) >= 11 is 1.42. The first-order chi connectivity index (χ1) is 14.6. The highest BCUT2D eigenvalue weighted by Crippen LogP contribution is 2.51. The summed E-state index contributed by atoms with van der Waals surface area (Å²) in [5.41, 5.74) is 5.14. The number of carbonyl (C=O) groups is 1. The van der Waals surface area contributed by atoms with Crippen molar-refractivity contribution in [2.75, 3.05) is 6.54 Å². The van der Waals surface area contributed by atoms with Gasteiger partial charge >= 0.3 is 0 Å². The Labute approximate surface area is 181 Å². The number of hydrogen-bond acceptors (Lipinski definition) is 4. The Balaban J connectivity index is 1.23. The molecule has 1 aliphatic carbocycles. The Morgan fingerprint density at radius 1 is 1.13 bits per heavy atom. The van der Waals surface area contributed by atoms with Crippen LogP contribution in [0.2, 0.25) is 0 Å². The van der Waals surface area contributed by atoms with E-state index in [1.807, 2.05) is 37.3 Å². The molecule has 4 nitrogen and oxygen atoms in total. The van der Waals surface area contributed by atoms with Gasteiger partial charge in [0.15, 0.2) is 0 Å². The maximum atomic E-state index is 11.4. The standard InChI is InChI=1S/C25H26N2O2S/c1-17-22(27-23(29-17)19-5-3-2-4-6-19)11-12-25(13-14-25)20-9-7-18(8-10-20)15-21-16-26-24(28)30-21/h2-10,21H,11-16H2,1H3,(H,26,28). The van der Waals surface area contributed by atoms with Crippen molar-refractivity contribution in [1.82, 2.24) is 10.3 Å². The minimum atomic E-state index is 0.104. The first-order valence-corrected chi connectivity index (χ1v) is 11.5. The van der Waals surface area contributed by atoms with Crippen molar-refractivity contribution in [1.29, 1.82) is 0 Å². The third-order valence-corrected chi connectivity index (χ3v) is 7.41. The third kappa shape index (κ3) is 4.04. The number of rotatable bonds is 7. The number of hydrogen-bond donors (Lipinski definition) is 1. The molecule has 1 amide bonds. The molecule has 2 aromatic carbocycles. The van der Waals surface area contributed by atoms with Crippen LogP contribution in [0.3, 0.4) is 0 Å². The molecule has 2 heterocycles. The maximum Gasteiger partial charge on any atom is 0.279 e. The van der Waals surface area contributed by atoms with Gasteiger partial charge in [-0.15, -0.1) is 0 Å². The quantitative estimate of drug-likeness (QED) is 0.536. The second-order valence-electron chi connectivity index (χ2n) is 8.48. The van der Waals surface area contributed by atoms with Crippen molar-refractivity contribution in [3.8, 4) is 11.5 Å². The number of aromatic nitrogens is 1. The van der Waals surface area contributed by atoms with E-state index < -0.39 is 0 Å². The summed E-state index contributed by atoms with van der Waals surface area (Å²) in [7, 11) is 0. The van der Waals surface area contributed by atoms with E-state index in [-0.39, 0.29) is 10.7 Å². The number of nitrogens with one attached hydrogen (secondary N) is 1. The molecule has 1 N–H and O–H groups in total. The number of nitrogens with zero attached hydrogens (tertiary/aromatic N) is 1. The van der Waals surface area contributed by atoms with Crippen LogP contribution in [0.4, 0.5) is 4.79 Å². The minimum Gasteiger partial charge on any atom is -0.441 e. The molecule has 1 unspecified atom stereocenters. The molecule has 1 aromatic heterocycles. The summed E-state index contributed by atoms with van der Waals surface area (Å²) < 4.78 is 5.94. The van der Waals surface area contributed by atoms with E-state index in [9.17, 15) is 4.79 Å². The first-order valence-electron chi connectivity index (χ1n) is 10.7. The van der Waals surface area contributed by atoms with Gasteiger partial charge in [0.2, 0.25) is 5.89 Å². The third-order valence-electron chi connectivity index (χ3n) is 6.38. The molecule has 1 atom stereocenters. The molecular formula is C25H26N2O2S. The molecule has 2 aliphatic rings. The predicted octanol–water partition coefficient (Wildman–Crippen LogP) is 5.68. The van der Waals surface area contributed by atoms with E-state index in [0.717, 1.165) is 48.7 Å². The smallest absolute Gasteiger partial charge is 0.279 e. The zero-order valence-corrected chi connectivity index (χ0v) is 18.0. The van der Waals surface area contributed by atoms with Crippen LogP contribution in [0.1, 0.15) is 41.8 Å². The molecular weight excluding hydrogens is 392 g/mol. The summed E-state index contributed by atoms with van der Waals surface area (Å²) in [6.45, 7) is 2.79. The maximum absolute atomic E-state index is 11.4. The number of amides is 1. The van der Waals surface area contributed by atoms with Gasteiger partial charge in [-0.3, -0.25) is 4.79 Å². The molecule has 1 saturated carbocycles. The summed E-state index contributed by atoms with van der Waals surface area (Å²) in [6.07, 6.45) is 5.47. The summed E-state index contributed by atoms with van der Waals surface area (Å²) in [6, 6.07) is 19.2. The highest BCUT2D eigenvalue weighted by Gasteiger charge is 2.43. The molecule has 0 bridgehead atoms. The molecule has 0 radical (unpaired) electrons. The molecule has 2 fully saturated rings. The van der Waals surface area contributed by atoms with Crippen LogP contribution in [-0.4, -0.2) is 22.0 Å². The van der Waals surface area contributed by atoms with E-state index in [4.69, 9.17) is 9.40 Å². The lowest BCUT2D eigenvalue weighted by Gasteiger charge is -2.16. The second kappa shape index (κ2) is 7.95. The largest absolute Gasteiger partial charge is 0.441 e. The predicted molar refractivity (Wildman–Crippen MR) is 121 cm³/mol. The van der Waals surface area contributed by atoms with Crippen LogP contribution in [-0.2, 0) is 18.3 Å². The van der Waals surface area contributed by atoms with Crippen molar-refractivity contribution in [3.05, 3.63) is 77.2 Å². The van der Waals surface area contributed by atoms with E-state index >= 15 is 0 Å². The normalized spacial score (nSPS) is 19.6. The molecule has 5 rings (SSSR count). The molecule has 154 valence electrons. The van der Waals surface area contributed by atoms with Crippen LogP contribution in [0, 0.1) is 6.92 Å². The minimum absolute atomic E-state index is 0.104. The van der Waals surface area contributed by atoms with Crippen LogP contribution >= 0.6 is 11.8 Å². The lowest BCUT2D eigenvalue weighted by Crippen LogP contribution is -2.16. The molecule has 30 heavy (non-hydrogen) atoms. The van der Waals surface area contributed by atoms with Crippen LogP contribution < -0.4 is 5.32 Å². The Morgan fingerprint density at radius 2 is 1.90 bits per heavy atom. The Bertz CT molecular complexity index is 1040. The number of benzene rings is 2. The summed E-state index contributed by atoms with van der Waals surface area (Å²) in [4.78, 5) is 16.2. The first kappa shape index (κ1) is 19.4. The van der Waals surface area contributed by atoms with Crippen molar-refractivity contribution < 1.29 is 9.21 Å². The Morgan fingerprint density at radius 3 is 2.57 bits per heavy atom. The zero-order chi connectivity index (χ0) is 20.6. The van der Waals surface area contributed by atoms with Gasteiger partial charge in [0.25, 0.3) is 5.24 Å². The Hall–Kier alpha value is -2.53. The van der Waals surface area contributed by atoms with Crippen molar-refractivity contribution in [2.24, 2.45) is 0 Å². The average Bonchev–Trinajstić information content (AvgIpc) is 3.31. The van der Waals surface area contributed by atoms with Gasteiger partial charge in [-0.1, -0.05) is 54.2 Å². The highest BCUT2D eigenvalue weighted by atomic mass is 32.2. The van der Waals surface area contributed by atoms with Crippen molar-refractivity contribution in [2.45, 2.75) is 49.7 Å². The van der Waals surface area contributed by atoms with Crippen LogP contribution in [0.25, 0.3) is 11.5 Å². The monoisotopic (exact) mass is 418 g/mol. The number of oxazole rings is 1. The van der Waals surface area contributed by atoms with Crippen LogP contribution in [0.15, 0.2) is 59.0 Å². The number of thioether (sulfide) groups is 1. The fraction of sp³-hybridized carbons (Fsp3) is 0.360. The zero-order valence-electron chi connectivity index (χ0n) is 17.2. The SMILES string of the molecule is Cc1oc(-c2ccccc2)nc1CCC1(c2ccc(CC3CNC(=O)S3)cc2)CC1. The van der Waals surface area contributed by atoms with E-state index in [1.54, 1.807) is 0 Å². The molecule has 0 spiro atoms. The molecule has 1 aliphatic heterocycles. The lowest BCUT2D eigenvalue weighted by molar-refractivity contribution is 0.262. The van der Waals surface area contributed by atoms with E-state index in [2.05, 4.69) is 29.6 Å². The average molecular weight is 419 g/mol. The van der Waals surface area contributed by atoms with E-state index in [1.165, 1.54) is 35.7 Å². The second-order valence-corrected chi connectivity index (χ2v) is 9.75. The fourth-order valence-corrected chi connectivity index (χ4v) is 5.27. The fourth-order valence-electron chi connectivity index (χ4n) is 4.36. The van der Waals surface area contributed by atoms with Gasteiger partial charge in [-0.05, 0) is 67.7 Å². The van der Waals surface area contributed by atoms with Gasteiger partial charge in [0, 0.05) is 17.4 Å². The molecule has 3 aromatic rings. The van der Waals surface area contributed by atoms with E-state index in [0.29, 0.717) is 5.25 Å². The number of aryl methyl sites for hydroxylation is 2. The Kier molecular flexibility index (Phi) is 5.15. The van der Waals surface area contributed by atoms with Crippen molar-refractivity contribution >= 4 is 17.0 Å². The van der Waals surface area contributed by atoms with Crippen molar-refractivity contribution in [3.63, 3.8) is 0 Å². The van der Waals surface area contributed by atoms with Gasteiger partial charge in [-0.25, -0.2) is 4.98 Å². The van der Waals surface area contributed by atoms with Gasteiger partial charge in [-0.2, -0.15) is 0 Å². The van der Waals surface area contributed by atoms with Gasteiger partial charge in [0.1, 0.15) is 5.76 Å². The topological polar surface area (TPSA) is 55.1 Å². The molecule has 1 saturated heterocycles. The number of carbonyl (C=O) groups excluding carboxylic acids is 1. The summed E-state index contributed by atoms with van der Waals surface area (Å²) in [5, 5.41) is 3.35. The highest BCUT2D eigenvalue weighted by molar-refractivity contribution is 8.14. The lowest BCUT2D eigenvalue weighted by atomic mass is 9.89. The summed E-state index contributed by atoms with van der Waals surface area (Å²) in [5.74, 6) is 1.65. The van der Waals surface area contributed by atoms with Gasteiger partial charge < -0.3 is 9.73 Å². The molecule has 5 heteroatoms. The van der Waals surface area contributed by atoms with Gasteiger partial charge in [0.05, 0.1) is 5.69 Å². The van der Waals surface area contributed by atoms with Crippen LogP contribution in [0.5, 0.6) is 0 Å².